The van der Waals surface area contributed by atoms with Crippen LogP contribution in [0.5, 0.6) is 0 Å². The molecule has 1 aromatic carbocycles. The number of fused-ring (bicyclic) bond motifs is 1. The molecule has 4 heteroatoms. The van der Waals surface area contributed by atoms with Crippen molar-refractivity contribution in [1.29, 1.82) is 0 Å². The standard InChI is InChI=1S/C13H14BrN3/c1-17-6-5-9(7-17)12-10-3-2-4-11(14)13(10)16-8-15-12/h2-4,8-9H,5-7H2,1H3. The quantitative estimate of drug-likeness (QED) is 0.809. The van der Waals surface area contributed by atoms with E-state index in [1.807, 2.05) is 6.07 Å². The minimum atomic E-state index is 0.541. The SMILES string of the molecule is CN1CCC(c2ncnc3c(Br)cccc23)C1. The van der Waals surface area contributed by atoms with Crippen LogP contribution in [0.4, 0.5) is 0 Å². The normalized spacial score (nSPS) is 21.2. The lowest BCUT2D eigenvalue weighted by Gasteiger charge is -2.12. The molecule has 0 amide bonds. The van der Waals surface area contributed by atoms with Crippen molar-refractivity contribution in [3.63, 3.8) is 0 Å². The highest BCUT2D eigenvalue weighted by Gasteiger charge is 2.24. The molecule has 88 valence electrons. The lowest BCUT2D eigenvalue weighted by Crippen LogP contribution is -2.14. The second-order valence-corrected chi connectivity index (χ2v) is 5.50. The van der Waals surface area contributed by atoms with Crippen LogP contribution in [0.1, 0.15) is 18.0 Å². The Kier molecular flexibility index (Phi) is 2.84. The summed E-state index contributed by atoms with van der Waals surface area (Å²) in [5.41, 5.74) is 2.22. The molecule has 1 aromatic heterocycles. The molecule has 3 rings (SSSR count). The number of benzene rings is 1. The third-order valence-corrected chi connectivity index (χ3v) is 4.06. The van der Waals surface area contributed by atoms with Crippen molar-refractivity contribution < 1.29 is 0 Å². The van der Waals surface area contributed by atoms with Crippen LogP contribution in [0.25, 0.3) is 10.9 Å². The van der Waals surface area contributed by atoms with Gasteiger partial charge in [0.1, 0.15) is 6.33 Å². The van der Waals surface area contributed by atoms with E-state index in [0.717, 1.165) is 23.1 Å². The number of hydrogen-bond donors (Lipinski definition) is 0. The van der Waals surface area contributed by atoms with Gasteiger partial charge in [-0.15, -0.1) is 0 Å². The summed E-state index contributed by atoms with van der Waals surface area (Å²) in [6.45, 7) is 2.25. The Morgan fingerprint density at radius 1 is 1.35 bits per heavy atom. The van der Waals surface area contributed by atoms with Crippen LogP contribution >= 0.6 is 15.9 Å². The first kappa shape index (κ1) is 11.1. The molecule has 1 fully saturated rings. The van der Waals surface area contributed by atoms with Crippen molar-refractivity contribution in [3.05, 3.63) is 34.7 Å². The second kappa shape index (κ2) is 4.35. The predicted molar refractivity (Wildman–Crippen MR) is 72.1 cm³/mol. The molecule has 0 spiro atoms. The highest BCUT2D eigenvalue weighted by atomic mass is 79.9. The van der Waals surface area contributed by atoms with Crippen molar-refractivity contribution >= 4 is 26.8 Å². The van der Waals surface area contributed by atoms with Crippen molar-refractivity contribution in [2.45, 2.75) is 12.3 Å². The van der Waals surface area contributed by atoms with E-state index in [0.29, 0.717) is 5.92 Å². The van der Waals surface area contributed by atoms with Gasteiger partial charge in [0.05, 0.1) is 11.2 Å². The molecule has 0 aliphatic carbocycles. The predicted octanol–water partition coefficient (Wildman–Crippen LogP) is 2.81. The Labute approximate surface area is 109 Å². The maximum Gasteiger partial charge on any atom is 0.116 e. The van der Waals surface area contributed by atoms with Crippen LogP contribution in [0.15, 0.2) is 29.0 Å². The second-order valence-electron chi connectivity index (χ2n) is 4.64. The maximum atomic E-state index is 4.51. The topological polar surface area (TPSA) is 29.0 Å². The van der Waals surface area contributed by atoms with Crippen LogP contribution in [0, 0.1) is 0 Å². The minimum Gasteiger partial charge on any atom is -0.306 e. The fourth-order valence-electron chi connectivity index (χ4n) is 2.56. The molecule has 2 heterocycles. The van der Waals surface area contributed by atoms with Gasteiger partial charge < -0.3 is 4.90 Å². The number of likely N-dealkylation sites (N-methyl/N-ethyl adjacent to an activating group) is 1. The number of halogens is 1. The van der Waals surface area contributed by atoms with Crippen LogP contribution in [0.3, 0.4) is 0 Å². The third-order valence-electron chi connectivity index (χ3n) is 3.42. The number of nitrogens with zero attached hydrogens (tertiary/aromatic N) is 3. The van der Waals surface area contributed by atoms with Gasteiger partial charge in [0.15, 0.2) is 0 Å². The highest BCUT2D eigenvalue weighted by Crippen LogP contribution is 2.31. The van der Waals surface area contributed by atoms with Gasteiger partial charge in [-0.1, -0.05) is 12.1 Å². The average Bonchev–Trinajstić information content (AvgIpc) is 2.76. The number of likely N-dealkylation sites (tertiary alicyclic amines) is 1. The van der Waals surface area contributed by atoms with Crippen molar-refractivity contribution in [2.75, 3.05) is 20.1 Å². The van der Waals surface area contributed by atoms with E-state index < -0.39 is 0 Å². The van der Waals surface area contributed by atoms with Crippen LogP contribution in [-0.4, -0.2) is 35.0 Å². The lowest BCUT2D eigenvalue weighted by atomic mass is 10.0. The average molecular weight is 292 g/mol. The van der Waals surface area contributed by atoms with E-state index in [1.165, 1.54) is 17.5 Å². The molecule has 1 unspecified atom stereocenters. The largest absolute Gasteiger partial charge is 0.306 e. The molecule has 0 N–H and O–H groups in total. The zero-order valence-corrected chi connectivity index (χ0v) is 11.3. The van der Waals surface area contributed by atoms with E-state index in [-0.39, 0.29) is 0 Å². The smallest absolute Gasteiger partial charge is 0.116 e. The van der Waals surface area contributed by atoms with Crippen molar-refractivity contribution in [1.82, 2.24) is 14.9 Å². The number of hydrogen-bond acceptors (Lipinski definition) is 3. The molecule has 1 aliphatic rings. The molecular formula is C13H14BrN3. The van der Waals surface area contributed by atoms with E-state index in [9.17, 15) is 0 Å². The van der Waals surface area contributed by atoms with Crippen molar-refractivity contribution in [2.24, 2.45) is 0 Å². The van der Waals surface area contributed by atoms with Gasteiger partial charge in [0.25, 0.3) is 0 Å². The lowest BCUT2D eigenvalue weighted by molar-refractivity contribution is 0.411. The molecule has 1 atom stereocenters. The first-order valence-corrected chi connectivity index (χ1v) is 6.62. The molecular weight excluding hydrogens is 278 g/mol. The fraction of sp³-hybridized carbons (Fsp3) is 0.385. The zero-order valence-electron chi connectivity index (χ0n) is 9.73. The van der Waals surface area contributed by atoms with Gasteiger partial charge in [0.2, 0.25) is 0 Å². The van der Waals surface area contributed by atoms with Crippen LogP contribution in [-0.2, 0) is 0 Å². The molecule has 0 saturated carbocycles. The Balaban J connectivity index is 2.13. The number of para-hydroxylation sites is 1. The molecule has 0 bridgehead atoms. The van der Waals surface area contributed by atoms with Gasteiger partial charge in [0, 0.05) is 22.3 Å². The molecule has 2 aromatic rings. The van der Waals surface area contributed by atoms with Gasteiger partial charge >= 0.3 is 0 Å². The Bertz CT molecular complexity index is 555. The van der Waals surface area contributed by atoms with Gasteiger partial charge in [-0.05, 0) is 42.0 Å². The van der Waals surface area contributed by atoms with Crippen molar-refractivity contribution in [3.8, 4) is 0 Å². The molecule has 0 radical (unpaired) electrons. The van der Waals surface area contributed by atoms with Crippen LogP contribution < -0.4 is 0 Å². The third kappa shape index (κ3) is 1.96. The number of rotatable bonds is 1. The molecule has 1 aliphatic heterocycles. The summed E-state index contributed by atoms with van der Waals surface area (Å²) in [6, 6.07) is 6.20. The summed E-state index contributed by atoms with van der Waals surface area (Å²) in [7, 11) is 2.17. The number of aromatic nitrogens is 2. The van der Waals surface area contributed by atoms with Crippen LogP contribution in [0.2, 0.25) is 0 Å². The Hall–Kier alpha value is -1.00. The van der Waals surface area contributed by atoms with E-state index in [2.05, 4.69) is 50.0 Å². The summed E-state index contributed by atoms with van der Waals surface area (Å²) in [5, 5.41) is 1.18. The zero-order chi connectivity index (χ0) is 11.8. The Morgan fingerprint density at radius 3 is 3.00 bits per heavy atom. The maximum absolute atomic E-state index is 4.51. The summed E-state index contributed by atoms with van der Waals surface area (Å²) >= 11 is 3.55. The Morgan fingerprint density at radius 2 is 2.24 bits per heavy atom. The van der Waals surface area contributed by atoms with Gasteiger partial charge in [-0.25, -0.2) is 9.97 Å². The van der Waals surface area contributed by atoms with E-state index >= 15 is 0 Å². The molecule has 17 heavy (non-hydrogen) atoms. The highest BCUT2D eigenvalue weighted by molar-refractivity contribution is 9.10. The summed E-state index contributed by atoms with van der Waals surface area (Å²) in [5.74, 6) is 0.541. The van der Waals surface area contributed by atoms with Gasteiger partial charge in [-0.2, -0.15) is 0 Å². The van der Waals surface area contributed by atoms with E-state index in [1.54, 1.807) is 6.33 Å². The molecule has 3 nitrogen and oxygen atoms in total. The summed E-state index contributed by atoms with van der Waals surface area (Å²) < 4.78 is 1.05. The van der Waals surface area contributed by atoms with E-state index in [4.69, 9.17) is 0 Å². The summed E-state index contributed by atoms with van der Waals surface area (Å²) in [6.07, 6.45) is 2.87. The monoisotopic (exact) mass is 291 g/mol. The first-order valence-electron chi connectivity index (χ1n) is 5.83. The fourth-order valence-corrected chi connectivity index (χ4v) is 3.02. The minimum absolute atomic E-state index is 0.541. The first-order chi connectivity index (χ1) is 8.25. The van der Waals surface area contributed by atoms with Gasteiger partial charge in [-0.3, -0.25) is 0 Å². The summed E-state index contributed by atoms with van der Waals surface area (Å²) in [4.78, 5) is 11.2. The molecule has 1 saturated heterocycles.